The number of aromatic nitrogens is 2. The molecule has 0 saturated carbocycles. The maximum absolute atomic E-state index is 14.3. The highest BCUT2D eigenvalue weighted by molar-refractivity contribution is 7.48. The number of imide groups is 3. The Balaban J connectivity index is 1.06. The van der Waals surface area contributed by atoms with Crippen molar-refractivity contribution >= 4 is 64.3 Å². The first-order chi connectivity index (χ1) is 27.0. The number of para-hydroxylation sites is 1. The number of amides is 4. The maximum Gasteiger partial charge on any atom is 0.475 e. The number of non-ortho nitro benzene ring substituents is 1. The molecule has 15 heteroatoms. The molecule has 0 bridgehead atoms. The number of nitro benzene ring substituents is 1. The number of phosphoric acid groups is 1. The van der Waals surface area contributed by atoms with Crippen LogP contribution >= 0.6 is 7.82 Å². The van der Waals surface area contributed by atoms with Gasteiger partial charge in [0, 0.05) is 72.6 Å². The van der Waals surface area contributed by atoms with Gasteiger partial charge in [-0.05, 0) is 36.1 Å². The smallest absolute Gasteiger partial charge is 0.350 e. The van der Waals surface area contributed by atoms with Gasteiger partial charge in [-0.15, -0.1) is 0 Å². The Hall–Kier alpha value is -6.18. The molecule has 1 N–H and O–H groups in total. The van der Waals surface area contributed by atoms with Crippen LogP contribution in [0.25, 0.3) is 33.0 Å². The Morgan fingerprint density at radius 2 is 1.25 bits per heavy atom. The number of phosphoric ester groups is 1. The van der Waals surface area contributed by atoms with Gasteiger partial charge in [0.05, 0.1) is 41.4 Å². The average Bonchev–Trinajstić information content (AvgIpc) is 3.81. The molecule has 4 aromatic carbocycles. The van der Waals surface area contributed by atoms with E-state index >= 15 is 0 Å². The number of aryl methyl sites for hydroxylation is 2. The third-order valence-corrected chi connectivity index (χ3v) is 10.9. The summed E-state index contributed by atoms with van der Waals surface area (Å²) < 4.78 is 34.1. The van der Waals surface area contributed by atoms with Gasteiger partial charge < -0.3 is 14.5 Å². The lowest BCUT2D eigenvalue weighted by atomic mass is 9.95. The number of nitro groups is 1. The number of benzene rings is 4. The van der Waals surface area contributed by atoms with Crippen LogP contribution in [0.3, 0.4) is 0 Å². The molecule has 0 radical (unpaired) electrons. The molecule has 286 valence electrons. The molecule has 0 fully saturated rings. The van der Waals surface area contributed by atoms with Crippen molar-refractivity contribution in [1.82, 2.24) is 19.4 Å². The molecule has 14 nitrogen and oxygen atoms in total. The molecule has 0 aliphatic carbocycles. The van der Waals surface area contributed by atoms with Gasteiger partial charge in [-0.2, -0.15) is 4.90 Å². The van der Waals surface area contributed by atoms with E-state index in [4.69, 9.17) is 13.6 Å². The van der Waals surface area contributed by atoms with E-state index in [-0.39, 0.29) is 43.2 Å². The van der Waals surface area contributed by atoms with Crippen molar-refractivity contribution in [1.29, 1.82) is 0 Å². The Morgan fingerprint density at radius 3 is 1.84 bits per heavy atom. The van der Waals surface area contributed by atoms with Gasteiger partial charge in [0.2, 0.25) is 0 Å². The number of fused-ring (bicyclic) bond motifs is 2. The van der Waals surface area contributed by atoms with Crippen molar-refractivity contribution in [3.05, 3.63) is 148 Å². The molecule has 4 amide bonds. The molecule has 3 heterocycles. The highest BCUT2D eigenvalue weighted by Crippen LogP contribution is 2.51. The number of hydrogen-bond donors (Lipinski definition) is 1. The summed E-state index contributed by atoms with van der Waals surface area (Å²) in [7, 11) is -0.482. The molecule has 56 heavy (non-hydrogen) atoms. The number of rotatable bonds is 15. The number of hydrogen-bond acceptors (Lipinski definition) is 9. The van der Waals surface area contributed by atoms with Gasteiger partial charge in [0.15, 0.2) is 0 Å². The SMILES string of the molecule is Cn1cc(C2=C(c3cn(C)c4cc([N+](=O)[O-])ccc34)C(=O)N(C(=O)NCCCCOP(=O)(OCc3ccccc3)OCc3ccccc3)C2=O)c2ccccc21. The third kappa shape index (κ3) is 7.81. The first-order valence-corrected chi connectivity index (χ1v) is 19.3. The molecule has 1 aliphatic heterocycles. The first kappa shape index (κ1) is 38.1. The molecule has 6 aromatic rings. The standard InChI is InChI=1S/C41H38N5O9P/c1-43-24-33(31-17-9-10-18-35(31)43)37-38(34-25-44(2)36-23-30(46(50)51)19-20-32(34)36)40(48)45(39(37)47)41(49)42-21-11-12-22-53-56(52,54-26-28-13-5-3-6-14-28)55-27-29-15-7-4-8-16-29/h3-10,13-20,23-25H,11-12,21-22,26-27H2,1-2H3,(H,42,49). The Bertz CT molecular complexity index is 2500. The van der Waals surface area contributed by atoms with Gasteiger partial charge >= 0.3 is 13.9 Å². The molecule has 0 spiro atoms. The highest BCUT2D eigenvalue weighted by Gasteiger charge is 2.45. The number of carbonyl (C=O) groups is 3. The van der Waals surface area contributed by atoms with E-state index < -0.39 is 30.6 Å². The zero-order chi connectivity index (χ0) is 39.4. The number of nitrogens with zero attached hydrogens (tertiary/aromatic N) is 4. The Labute approximate surface area is 321 Å². The van der Waals surface area contributed by atoms with Gasteiger partial charge in [0.1, 0.15) is 0 Å². The van der Waals surface area contributed by atoms with E-state index in [1.54, 1.807) is 24.0 Å². The van der Waals surface area contributed by atoms with Crippen LogP contribution in [0.2, 0.25) is 0 Å². The molecule has 2 aromatic heterocycles. The summed E-state index contributed by atoms with van der Waals surface area (Å²) in [6.07, 6.45) is 4.06. The number of urea groups is 1. The van der Waals surface area contributed by atoms with Crippen LogP contribution in [0.15, 0.2) is 116 Å². The summed E-state index contributed by atoms with van der Waals surface area (Å²) in [5, 5.41) is 15.4. The lowest BCUT2D eigenvalue weighted by Crippen LogP contribution is -2.44. The first-order valence-electron chi connectivity index (χ1n) is 17.9. The van der Waals surface area contributed by atoms with Crippen molar-refractivity contribution in [3.63, 3.8) is 0 Å². The van der Waals surface area contributed by atoms with Gasteiger partial charge in [-0.3, -0.25) is 33.3 Å². The molecule has 0 saturated heterocycles. The van der Waals surface area contributed by atoms with E-state index in [2.05, 4.69) is 5.32 Å². The van der Waals surface area contributed by atoms with Crippen LogP contribution in [-0.2, 0) is 55.0 Å². The van der Waals surface area contributed by atoms with Crippen molar-refractivity contribution < 1.29 is 37.4 Å². The number of unbranched alkanes of at least 4 members (excludes halogenated alkanes) is 1. The van der Waals surface area contributed by atoms with Crippen molar-refractivity contribution in [3.8, 4) is 0 Å². The second-order valence-electron chi connectivity index (χ2n) is 13.2. The zero-order valence-corrected chi connectivity index (χ0v) is 31.5. The second kappa shape index (κ2) is 16.3. The summed E-state index contributed by atoms with van der Waals surface area (Å²) in [6.45, 7) is 0.0668. The minimum absolute atomic E-state index is 0.0103. The average molecular weight is 776 g/mol. The quantitative estimate of drug-likeness (QED) is 0.0359. The van der Waals surface area contributed by atoms with Crippen molar-refractivity contribution in [2.75, 3.05) is 13.2 Å². The topological polar surface area (TPSA) is 164 Å². The minimum atomic E-state index is -3.99. The zero-order valence-electron chi connectivity index (χ0n) is 30.6. The molecule has 1 aliphatic rings. The highest BCUT2D eigenvalue weighted by atomic mass is 31.2. The maximum atomic E-state index is 14.3. The summed E-state index contributed by atoms with van der Waals surface area (Å²) >= 11 is 0. The minimum Gasteiger partial charge on any atom is -0.350 e. The fourth-order valence-corrected chi connectivity index (χ4v) is 7.88. The van der Waals surface area contributed by atoms with Gasteiger partial charge in [-0.25, -0.2) is 9.36 Å². The van der Waals surface area contributed by atoms with E-state index in [1.807, 2.05) is 96.5 Å². The Morgan fingerprint density at radius 1 is 0.714 bits per heavy atom. The summed E-state index contributed by atoms with van der Waals surface area (Å²) in [6, 6.07) is 29.2. The molecular formula is C41H38N5O9P. The van der Waals surface area contributed by atoms with Crippen molar-refractivity contribution in [2.45, 2.75) is 26.1 Å². The summed E-state index contributed by atoms with van der Waals surface area (Å²) in [5.74, 6) is -1.62. The molecule has 7 rings (SSSR count). The monoisotopic (exact) mass is 775 g/mol. The van der Waals surface area contributed by atoms with Crippen LogP contribution in [0, 0.1) is 10.1 Å². The normalized spacial score (nSPS) is 13.4. The second-order valence-corrected chi connectivity index (χ2v) is 14.9. The summed E-state index contributed by atoms with van der Waals surface area (Å²) in [4.78, 5) is 53.8. The predicted molar refractivity (Wildman–Crippen MR) is 210 cm³/mol. The largest absolute Gasteiger partial charge is 0.475 e. The third-order valence-electron chi connectivity index (χ3n) is 9.47. The van der Waals surface area contributed by atoms with E-state index in [0.29, 0.717) is 45.2 Å². The lowest BCUT2D eigenvalue weighted by molar-refractivity contribution is -0.384. The number of carbonyl (C=O) groups excluding carboxylic acids is 3. The fraction of sp³-hybridized carbons (Fsp3) is 0.195. The molecular weight excluding hydrogens is 737 g/mol. The predicted octanol–water partition coefficient (Wildman–Crippen LogP) is 7.91. The van der Waals surface area contributed by atoms with Crippen LogP contribution < -0.4 is 5.32 Å². The summed E-state index contributed by atoms with van der Waals surface area (Å²) in [5.41, 5.74) is 3.63. The van der Waals surface area contributed by atoms with E-state index in [1.165, 1.54) is 18.2 Å². The van der Waals surface area contributed by atoms with Crippen LogP contribution in [0.4, 0.5) is 10.5 Å². The van der Waals surface area contributed by atoms with Crippen molar-refractivity contribution in [2.24, 2.45) is 14.1 Å². The van der Waals surface area contributed by atoms with E-state index in [9.17, 15) is 29.1 Å². The lowest BCUT2D eigenvalue weighted by Gasteiger charge is -2.18. The van der Waals surface area contributed by atoms with Gasteiger partial charge in [0.25, 0.3) is 17.5 Å². The van der Waals surface area contributed by atoms with Crippen LogP contribution in [-0.4, -0.2) is 50.0 Å². The fourth-order valence-electron chi connectivity index (χ4n) is 6.69. The van der Waals surface area contributed by atoms with E-state index in [0.717, 1.165) is 16.6 Å². The number of nitrogens with one attached hydrogen (secondary N) is 1. The molecule has 0 atom stereocenters. The Kier molecular flexibility index (Phi) is 11.1. The van der Waals surface area contributed by atoms with Crippen LogP contribution in [0.1, 0.15) is 35.1 Å². The molecule has 0 unspecified atom stereocenters. The van der Waals surface area contributed by atoms with Crippen LogP contribution in [0.5, 0.6) is 0 Å². The van der Waals surface area contributed by atoms with Gasteiger partial charge in [-0.1, -0.05) is 78.9 Å².